The zero-order valence-corrected chi connectivity index (χ0v) is 21.8. The van der Waals surface area contributed by atoms with Gasteiger partial charge in [-0.1, -0.05) is 55.8 Å². The van der Waals surface area contributed by atoms with Crippen LogP contribution in [0.2, 0.25) is 0 Å². The topological polar surface area (TPSA) is 50.7 Å². The molecule has 1 heterocycles. The molecule has 0 aliphatic carbocycles. The van der Waals surface area contributed by atoms with Gasteiger partial charge in [-0.25, -0.2) is 0 Å². The normalized spacial score (nSPS) is 11.2. The van der Waals surface area contributed by atoms with Crippen LogP contribution < -0.4 is 61.4 Å². The van der Waals surface area contributed by atoms with Gasteiger partial charge in [-0.2, -0.15) is 13.1 Å². The Morgan fingerprint density at radius 3 is 2.03 bits per heavy atom. The molecule has 150 valence electrons. The number of Topliss-reactive ketones (excluding diaryl/α,β-unsaturated/α-hetero) is 1. The fourth-order valence-electron chi connectivity index (χ4n) is 2.41. The van der Waals surface area contributed by atoms with Crippen molar-refractivity contribution in [1.29, 1.82) is 0 Å². The SMILES string of the molecule is CC.CNc1ccc(C2=C(c3ccc(OC)cc3)N=[C-]C2)cc1.C[CH-]C(C)=O.[K+]. The zero-order valence-electron chi connectivity index (χ0n) is 18.7. The van der Waals surface area contributed by atoms with Crippen LogP contribution in [0.5, 0.6) is 5.75 Å². The molecule has 3 rings (SSSR count). The number of nitrogens with zero attached hydrogens (tertiary/aromatic N) is 1. The smallest absolute Gasteiger partial charge is 0.497 e. The molecule has 0 saturated carbocycles. The van der Waals surface area contributed by atoms with Crippen LogP contribution in [-0.4, -0.2) is 26.2 Å². The molecule has 0 fully saturated rings. The maximum atomic E-state index is 9.76. The Labute approximate surface area is 218 Å². The summed E-state index contributed by atoms with van der Waals surface area (Å²) in [6.45, 7) is 7.25. The van der Waals surface area contributed by atoms with Crippen LogP contribution in [0.4, 0.5) is 5.69 Å². The number of allylic oxidation sites excluding steroid dienone is 1. The summed E-state index contributed by atoms with van der Waals surface area (Å²) in [5, 5.41) is 3.13. The van der Waals surface area contributed by atoms with E-state index in [1.807, 2.05) is 45.2 Å². The van der Waals surface area contributed by atoms with E-state index in [1.165, 1.54) is 24.5 Å². The number of methoxy groups -OCH3 is 1. The molecule has 2 aromatic carbocycles. The number of anilines is 1. The molecule has 1 aliphatic rings. The molecule has 4 nitrogen and oxygen atoms in total. The standard InChI is InChI=1S/C18H17N2O.C4H7O.C2H6.K/c1-19-15-7-3-13(4-8-15)17-11-12-20-18(17)14-5-9-16(21-2)10-6-14;1-3-4(2)5;1-2;/h3-10,19H,11H2,1-2H3;3H,1-2H3;1-2H3;/q2*-1;;+1. The minimum absolute atomic E-state index is 0. The summed E-state index contributed by atoms with van der Waals surface area (Å²) in [6, 6.07) is 16.4. The first-order chi connectivity index (χ1) is 13.6. The van der Waals surface area contributed by atoms with Crippen molar-refractivity contribution < 1.29 is 60.9 Å². The average Bonchev–Trinajstić information content (AvgIpc) is 3.25. The summed E-state index contributed by atoms with van der Waals surface area (Å²) in [5.41, 5.74) is 5.59. The van der Waals surface area contributed by atoms with Crippen LogP contribution in [0.25, 0.3) is 11.3 Å². The molecule has 0 radical (unpaired) electrons. The molecule has 0 aromatic heterocycles. The quantitative estimate of drug-likeness (QED) is 0.601. The van der Waals surface area contributed by atoms with Crippen molar-refractivity contribution in [3.8, 4) is 5.75 Å². The molecule has 0 atom stereocenters. The maximum absolute atomic E-state index is 9.76. The number of benzene rings is 2. The van der Waals surface area contributed by atoms with E-state index in [4.69, 9.17) is 4.74 Å². The number of hydrogen-bond donors (Lipinski definition) is 1. The monoisotopic (exact) mass is 417 g/mol. The number of ether oxygens (including phenoxy) is 1. The number of hydrogen-bond acceptors (Lipinski definition) is 4. The minimum Gasteiger partial charge on any atom is -0.497 e. The van der Waals surface area contributed by atoms with E-state index in [0.29, 0.717) is 0 Å². The largest absolute Gasteiger partial charge is 1.00 e. The van der Waals surface area contributed by atoms with E-state index < -0.39 is 0 Å². The van der Waals surface area contributed by atoms with Crippen LogP contribution in [-0.2, 0) is 4.79 Å². The van der Waals surface area contributed by atoms with Gasteiger partial charge in [0.25, 0.3) is 0 Å². The first kappa shape index (κ1) is 27.6. The summed E-state index contributed by atoms with van der Waals surface area (Å²) < 4.78 is 5.20. The Balaban J connectivity index is 0.000000862. The maximum Gasteiger partial charge on any atom is 1.00 e. The second kappa shape index (κ2) is 15.5. The first-order valence-corrected chi connectivity index (χ1v) is 9.48. The van der Waals surface area contributed by atoms with Crippen molar-refractivity contribution >= 4 is 29.0 Å². The van der Waals surface area contributed by atoms with E-state index in [2.05, 4.69) is 40.8 Å². The fraction of sp³-hybridized carbons (Fsp3) is 0.292. The fourth-order valence-corrected chi connectivity index (χ4v) is 2.41. The van der Waals surface area contributed by atoms with Gasteiger partial charge in [-0.05, 0) is 42.5 Å². The molecule has 0 amide bonds. The molecule has 29 heavy (non-hydrogen) atoms. The first-order valence-electron chi connectivity index (χ1n) is 9.48. The van der Waals surface area contributed by atoms with E-state index in [1.54, 1.807) is 14.0 Å². The van der Waals surface area contributed by atoms with Gasteiger partial charge in [-0.15, -0.1) is 5.57 Å². The van der Waals surface area contributed by atoms with Gasteiger partial charge in [0.15, 0.2) is 0 Å². The van der Waals surface area contributed by atoms with Crippen molar-refractivity contribution in [3.63, 3.8) is 0 Å². The second-order valence-electron chi connectivity index (χ2n) is 5.73. The summed E-state index contributed by atoms with van der Waals surface area (Å²) in [4.78, 5) is 14.2. The Morgan fingerprint density at radius 2 is 1.59 bits per heavy atom. The number of carbonyl (C=O) groups is 1. The van der Waals surface area contributed by atoms with Gasteiger partial charge in [0.05, 0.1) is 7.11 Å². The molecule has 2 aromatic rings. The Bertz CT molecular complexity index is 795. The molecular weight excluding hydrogens is 387 g/mol. The van der Waals surface area contributed by atoms with Crippen LogP contribution >= 0.6 is 0 Å². The van der Waals surface area contributed by atoms with Gasteiger partial charge in [0.1, 0.15) is 5.75 Å². The molecule has 1 aliphatic heterocycles. The third kappa shape index (κ3) is 8.89. The number of aliphatic imine (C=N–C) groups is 1. The van der Waals surface area contributed by atoms with Gasteiger partial charge in [-0.3, -0.25) is 0 Å². The van der Waals surface area contributed by atoms with Crippen LogP contribution in [0, 0.1) is 6.42 Å². The van der Waals surface area contributed by atoms with Gasteiger partial charge >= 0.3 is 51.4 Å². The Morgan fingerprint density at radius 1 is 1.07 bits per heavy atom. The summed E-state index contributed by atoms with van der Waals surface area (Å²) in [5.74, 6) is 0.982. The number of carbonyl (C=O) groups excluding carboxylic acids is 1. The van der Waals surface area contributed by atoms with E-state index in [-0.39, 0.29) is 57.2 Å². The van der Waals surface area contributed by atoms with Crippen molar-refractivity contribution in [2.75, 3.05) is 19.5 Å². The molecule has 5 heteroatoms. The third-order valence-electron chi connectivity index (χ3n) is 4.02. The van der Waals surface area contributed by atoms with Crippen LogP contribution in [0.3, 0.4) is 0 Å². The van der Waals surface area contributed by atoms with Gasteiger partial charge < -0.3 is 26.3 Å². The third-order valence-corrected chi connectivity index (χ3v) is 4.02. The van der Waals surface area contributed by atoms with Crippen LogP contribution in [0.15, 0.2) is 53.5 Å². The minimum atomic E-state index is 0. The van der Waals surface area contributed by atoms with Crippen LogP contribution in [0.1, 0.15) is 45.2 Å². The Kier molecular flexibility index (Phi) is 14.7. The Hall–Kier alpha value is -1.37. The van der Waals surface area contributed by atoms with E-state index >= 15 is 0 Å². The number of nitrogens with one attached hydrogen (secondary N) is 1. The van der Waals surface area contributed by atoms with Gasteiger partial charge in [0, 0.05) is 12.7 Å². The molecule has 0 saturated heterocycles. The number of rotatable bonds is 5. The predicted octanol–water partition coefficient (Wildman–Crippen LogP) is 2.79. The predicted molar refractivity (Wildman–Crippen MR) is 120 cm³/mol. The van der Waals surface area contributed by atoms with Crippen molar-refractivity contribution in [1.82, 2.24) is 0 Å². The zero-order chi connectivity index (χ0) is 20.9. The molecule has 0 bridgehead atoms. The summed E-state index contributed by atoms with van der Waals surface area (Å²) >= 11 is 0. The van der Waals surface area contributed by atoms with E-state index in [9.17, 15) is 4.79 Å². The summed E-state index contributed by atoms with van der Waals surface area (Å²) in [6.07, 6.45) is 5.36. The van der Waals surface area contributed by atoms with Crippen molar-refractivity contribution in [2.24, 2.45) is 4.99 Å². The molecule has 1 N–H and O–H groups in total. The number of ketones is 1. The van der Waals surface area contributed by atoms with E-state index in [0.717, 1.165) is 29.1 Å². The second-order valence-corrected chi connectivity index (χ2v) is 5.73. The molecular formula is C24H30KN2O2-. The summed E-state index contributed by atoms with van der Waals surface area (Å²) in [7, 11) is 3.59. The molecule has 0 unspecified atom stereocenters. The molecule has 0 spiro atoms. The van der Waals surface area contributed by atoms with Crippen molar-refractivity contribution in [2.45, 2.75) is 34.1 Å². The van der Waals surface area contributed by atoms with Crippen molar-refractivity contribution in [3.05, 3.63) is 66.1 Å². The van der Waals surface area contributed by atoms with Gasteiger partial charge in [0.2, 0.25) is 0 Å². The average molecular weight is 418 g/mol.